The number of carbonyl (C=O) groups excluding carboxylic acids is 1. The Balaban J connectivity index is 1.55. The van der Waals surface area contributed by atoms with Gasteiger partial charge in [0.05, 0.1) is 0 Å². The zero-order valence-electron chi connectivity index (χ0n) is 13.4. The first-order chi connectivity index (χ1) is 11.2. The second-order valence-corrected chi connectivity index (χ2v) is 5.97. The average Bonchev–Trinajstić information content (AvgIpc) is 2.60. The first-order valence-electron chi connectivity index (χ1n) is 8.17. The summed E-state index contributed by atoms with van der Waals surface area (Å²) in [5.41, 5.74) is 3.80. The molecule has 0 unspecified atom stereocenters. The van der Waals surface area contributed by atoms with E-state index in [2.05, 4.69) is 22.4 Å². The van der Waals surface area contributed by atoms with Crippen molar-refractivity contribution in [1.82, 2.24) is 10.3 Å². The Bertz CT molecular complexity index is 670. The summed E-state index contributed by atoms with van der Waals surface area (Å²) in [6.07, 6.45) is 7.67. The minimum absolute atomic E-state index is 0.112. The molecule has 1 N–H and O–H groups in total. The van der Waals surface area contributed by atoms with Gasteiger partial charge in [-0.25, -0.2) is 0 Å². The Kier molecular flexibility index (Phi) is 4.91. The van der Waals surface area contributed by atoms with Crippen molar-refractivity contribution in [3.05, 3.63) is 59.4 Å². The zero-order valence-corrected chi connectivity index (χ0v) is 13.4. The molecule has 0 aliphatic heterocycles. The van der Waals surface area contributed by atoms with Crippen LogP contribution in [0.2, 0.25) is 0 Å². The molecule has 1 aliphatic carbocycles. The second-order valence-electron chi connectivity index (χ2n) is 5.97. The van der Waals surface area contributed by atoms with Gasteiger partial charge < -0.3 is 10.1 Å². The number of benzene rings is 1. The van der Waals surface area contributed by atoms with E-state index >= 15 is 0 Å². The number of ether oxygens (including phenoxy) is 1. The number of amides is 1. The molecule has 1 aromatic carbocycles. The predicted molar refractivity (Wildman–Crippen MR) is 89.3 cm³/mol. The number of hydrogen-bond donors (Lipinski definition) is 1. The summed E-state index contributed by atoms with van der Waals surface area (Å²) in [6.45, 7) is 2.26. The smallest absolute Gasteiger partial charge is 0.261 e. The number of rotatable bonds is 5. The van der Waals surface area contributed by atoms with E-state index in [1.165, 1.54) is 24.0 Å². The van der Waals surface area contributed by atoms with Gasteiger partial charge in [-0.3, -0.25) is 9.78 Å². The minimum atomic E-state index is -0.515. The maximum atomic E-state index is 12.2. The maximum Gasteiger partial charge on any atom is 0.261 e. The maximum absolute atomic E-state index is 12.2. The molecule has 23 heavy (non-hydrogen) atoms. The lowest BCUT2D eigenvalue weighted by atomic mass is 9.92. The fourth-order valence-corrected chi connectivity index (χ4v) is 2.87. The number of aryl methyl sites for hydroxylation is 2. The van der Waals surface area contributed by atoms with Crippen LogP contribution in [0.25, 0.3) is 0 Å². The Morgan fingerprint density at radius 1 is 1.17 bits per heavy atom. The van der Waals surface area contributed by atoms with Crippen molar-refractivity contribution in [1.29, 1.82) is 0 Å². The summed E-state index contributed by atoms with van der Waals surface area (Å²) in [5, 5.41) is 2.89. The van der Waals surface area contributed by atoms with E-state index in [9.17, 15) is 4.79 Å². The first kappa shape index (κ1) is 15.5. The summed E-state index contributed by atoms with van der Waals surface area (Å²) in [6, 6.07) is 9.95. The van der Waals surface area contributed by atoms with Crippen LogP contribution < -0.4 is 10.1 Å². The molecular weight excluding hydrogens is 288 g/mol. The molecule has 1 atom stereocenters. The Hall–Kier alpha value is -2.36. The molecule has 1 aromatic heterocycles. The topological polar surface area (TPSA) is 51.2 Å². The Labute approximate surface area is 136 Å². The lowest BCUT2D eigenvalue weighted by molar-refractivity contribution is -0.127. The SMILES string of the molecule is C[C@H](Oc1ccc2c(c1)CCCC2)C(=O)NCc1ccncc1. The van der Waals surface area contributed by atoms with Crippen molar-refractivity contribution in [2.45, 2.75) is 45.3 Å². The lowest BCUT2D eigenvalue weighted by Crippen LogP contribution is -2.35. The second kappa shape index (κ2) is 7.27. The van der Waals surface area contributed by atoms with Gasteiger partial charge in [0.1, 0.15) is 5.75 Å². The van der Waals surface area contributed by atoms with Crippen molar-refractivity contribution >= 4 is 5.91 Å². The van der Waals surface area contributed by atoms with E-state index < -0.39 is 6.10 Å². The van der Waals surface area contributed by atoms with Crippen molar-refractivity contribution in [2.24, 2.45) is 0 Å². The molecule has 1 aliphatic rings. The van der Waals surface area contributed by atoms with Crippen LogP contribution in [0.4, 0.5) is 0 Å². The monoisotopic (exact) mass is 310 g/mol. The van der Waals surface area contributed by atoms with Gasteiger partial charge in [0.15, 0.2) is 6.10 Å². The Morgan fingerprint density at radius 3 is 2.70 bits per heavy atom. The average molecular weight is 310 g/mol. The molecule has 4 nitrogen and oxygen atoms in total. The highest BCUT2D eigenvalue weighted by molar-refractivity contribution is 5.80. The molecule has 1 amide bonds. The van der Waals surface area contributed by atoms with E-state index in [0.717, 1.165) is 24.2 Å². The molecule has 0 spiro atoms. The van der Waals surface area contributed by atoms with Crippen molar-refractivity contribution < 1.29 is 9.53 Å². The first-order valence-corrected chi connectivity index (χ1v) is 8.17. The molecule has 0 fully saturated rings. The number of pyridine rings is 1. The molecular formula is C19H22N2O2. The molecule has 2 aromatic rings. The fraction of sp³-hybridized carbons (Fsp3) is 0.368. The summed E-state index contributed by atoms with van der Waals surface area (Å²) in [7, 11) is 0. The normalized spacial score (nSPS) is 14.7. The molecule has 120 valence electrons. The summed E-state index contributed by atoms with van der Waals surface area (Å²) >= 11 is 0. The molecule has 3 rings (SSSR count). The van der Waals surface area contributed by atoms with Crippen LogP contribution in [-0.2, 0) is 24.2 Å². The van der Waals surface area contributed by atoms with E-state index in [1.807, 2.05) is 18.2 Å². The van der Waals surface area contributed by atoms with Gasteiger partial charge in [-0.1, -0.05) is 6.07 Å². The van der Waals surface area contributed by atoms with Gasteiger partial charge in [-0.15, -0.1) is 0 Å². The lowest BCUT2D eigenvalue weighted by Gasteiger charge is -2.19. The zero-order chi connectivity index (χ0) is 16.1. The summed E-state index contributed by atoms with van der Waals surface area (Å²) in [5.74, 6) is 0.664. The third kappa shape index (κ3) is 4.09. The van der Waals surface area contributed by atoms with Crippen LogP contribution in [0.15, 0.2) is 42.7 Å². The van der Waals surface area contributed by atoms with Gasteiger partial charge >= 0.3 is 0 Å². The van der Waals surface area contributed by atoms with E-state index in [4.69, 9.17) is 4.74 Å². The number of aromatic nitrogens is 1. The molecule has 0 saturated carbocycles. The standard InChI is InChI=1S/C19H22N2O2/c1-14(19(22)21-13-15-8-10-20-11-9-15)23-18-7-6-16-4-2-3-5-17(16)12-18/h6-12,14H,2-5,13H2,1H3,(H,21,22)/t14-/m0/s1. The largest absolute Gasteiger partial charge is 0.481 e. The number of carbonyl (C=O) groups is 1. The van der Waals surface area contributed by atoms with Gasteiger partial charge in [0.25, 0.3) is 5.91 Å². The van der Waals surface area contributed by atoms with E-state index in [-0.39, 0.29) is 5.91 Å². The quantitative estimate of drug-likeness (QED) is 0.923. The third-order valence-corrected chi connectivity index (χ3v) is 4.22. The van der Waals surface area contributed by atoms with Crippen LogP contribution in [0, 0.1) is 0 Å². The molecule has 1 heterocycles. The highest BCUT2D eigenvalue weighted by atomic mass is 16.5. The molecule has 0 radical (unpaired) electrons. The number of nitrogens with one attached hydrogen (secondary N) is 1. The van der Waals surface area contributed by atoms with Crippen LogP contribution in [0.3, 0.4) is 0 Å². The molecule has 0 bridgehead atoms. The predicted octanol–water partition coefficient (Wildman–Crippen LogP) is 3.04. The van der Waals surface area contributed by atoms with Crippen LogP contribution in [0.1, 0.15) is 36.5 Å². The number of hydrogen-bond acceptors (Lipinski definition) is 3. The highest BCUT2D eigenvalue weighted by Crippen LogP contribution is 2.25. The minimum Gasteiger partial charge on any atom is -0.481 e. The van der Waals surface area contributed by atoms with Gasteiger partial charge in [0.2, 0.25) is 0 Å². The van der Waals surface area contributed by atoms with Gasteiger partial charge in [-0.05, 0) is 73.6 Å². The molecule has 0 saturated heterocycles. The molecule has 4 heteroatoms. The van der Waals surface area contributed by atoms with Crippen molar-refractivity contribution in [3.8, 4) is 5.75 Å². The van der Waals surface area contributed by atoms with E-state index in [1.54, 1.807) is 19.3 Å². The van der Waals surface area contributed by atoms with Crippen LogP contribution >= 0.6 is 0 Å². The Morgan fingerprint density at radius 2 is 1.91 bits per heavy atom. The van der Waals surface area contributed by atoms with Crippen LogP contribution in [-0.4, -0.2) is 17.0 Å². The number of fused-ring (bicyclic) bond motifs is 1. The fourth-order valence-electron chi connectivity index (χ4n) is 2.87. The van der Waals surface area contributed by atoms with Gasteiger partial charge in [-0.2, -0.15) is 0 Å². The highest BCUT2D eigenvalue weighted by Gasteiger charge is 2.16. The van der Waals surface area contributed by atoms with E-state index in [0.29, 0.717) is 6.54 Å². The summed E-state index contributed by atoms with van der Waals surface area (Å²) < 4.78 is 5.81. The number of nitrogens with zero attached hydrogens (tertiary/aromatic N) is 1. The van der Waals surface area contributed by atoms with Crippen molar-refractivity contribution in [2.75, 3.05) is 0 Å². The third-order valence-electron chi connectivity index (χ3n) is 4.22. The van der Waals surface area contributed by atoms with Crippen molar-refractivity contribution in [3.63, 3.8) is 0 Å². The van der Waals surface area contributed by atoms with Crippen LogP contribution in [0.5, 0.6) is 5.75 Å². The summed E-state index contributed by atoms with van der Waals surface area (Å²) in [4.78, 5) is 16.1. The van der Waals surface area contributed by atoms with Gasteiger partial charge in [0, 0.05) is 18.9 Å².